The van der Waals surface area contributed by atoms with Crippen molar-refractivity contribution in [3.63, 3.8) is 0 Å². The van der Waals surface area contributed by atoms with Crippen LogP contribution in [0.15, 0.2) is 27.8 Å². The van der Waals surface area contributed by atoms with E-state index >= 15 is 0 Å². The largest absolute Gasteiger partial charge is 0.294 e. The maximum absolute atomic E-state index is 11.6. The molecule has 1 fully saturated rings. The number of benzene rings is 1. The van der Waals surface area contributed by atoms with Crippen LogP contribution in [0.1, 0.15) is 18.9 Å². The summed E-state index contributed by atoms with van der Waals surface area (Å²) in [7, 11) is -3.90. The number of sulfonamides is 1. The molecule has 0 unspecified atom stereocenters. The standard InChI is InChI=1S/C11H10BrClN4O2S/c12-7-3-6(4-8(13)5-7)10-15-16-11(20(14,18)19)17(10)9-1-2-9/h3-5,9H,1-2H2,(H2,14,18,19). The zero-order chi connectivity index (χ0) is 14.5. The third-order valence-corrected chi connectivity index (χ3v) is 4.42. The second kappa shape index (κ2) is 4.80. The van der Waals surface area contributed by atoms with Crippen molar-refractivity contribution in [3.8, 4) is 11.4 Å². The van der Waals surface area contributed by atoms with E-state index in [0.29, 0.717) is 16.4 Å². The van der Waals surface area contributed by atoms with Crippen molar-refractivity contribution < 1.29 is 8.42 Å². The van der Waals surface area contributed by atoms with E-state index in [1.807, 2.05) is 6.07 Å². The minimum atomic E-state index is -3.90. The molecule has 1 aliphatic rings. The van der Waals surface area contributed by atoms with Gasteiger partial charge < -0.3 is 0 Å². The zero-order valence-corrected chi connectivity index (χ0v) is 13.3. The number of nitrogens with zero attached hydrogens (tertiary/aromatic N) is 3. The van der Waals surface area contributed by atoms with Gasteiger partial charge in [-0.3, -0.25) is 4.57 Å². The summed E-state index contributed by atoms with van der Waals surface area (Å²) in [5.74, 6) is 0.458. The highest BCUT2D eigenvalue weighted by Crippen LogP contribution is 2.40. The van der Waals surface area contributed by atoms with Gasteiger partial charge in [-0.2, -0.15) is 0 Å². The minimum absolute atomic E-state index is 0.0751. The highest BCUT2D eigenvalue weighted by Gasteiger charge is 2.33. The SMILES string of the molecule is NS(=O)(=O)c1nnc(-c2cc(Cl)cc(Br)c2)n1C1CC1. The topological polar surface area (TPSA) is 90.9 Å². The Kier molecular flexibility index (Phi) is 3.36. The molecule has 1 aromatic heterocycles. The molecular weight excluding hydrogens is 368 g/mol. The number of hydrogen-bond donors (Lipinski definition) is 1. The Balaban J connectivity index is 2.22. The fraction of sp³-hybridized carbons (Fsp3) is 0.273. The predicted octanol–water partition coefficient (Wildman–Crippen LogP) is 2.34. The van der Waals surface area contributed by atoms with Crippen molar-refractivity contribution in [1.82, 2.24) is 14.8 Å². The van der Waals surface area contributed by atoms with Crippen LogP contribution in [-0.4, -0.2) is 23.2 Å². The first kappa shape index (κ1) is 14.0. The molecule has 2 N–H and O–H groups in total. The molecule has 0 amide bonds. The van der Waals surface area contributed by atoms with Gasteiger partial charge in [0, 0.05) is 21.1 Å². The van der Waals surface area contributed by atoms with Gasteiger partial charge in [-0.25, -0.2) is 13.6 Å². The summed E-state index contributed by atoms with van der Waals surface area (Å²) >= 11 is 9.36. The molecule has 0 aliphatic heterocycles. The number of halogens is 2. The number of aromatic nitrogens is 3. The van der Waals surface area contributed by atoms with Crippen molar-refractivity contribution in [2.75, 3.05) is 0 Å². The first-order chi connectivity index (χ1) is 9.36. The van der Waals surface area contributed by atoms with Gasteiger partial charge in [0.1, 0.15) is 0 Å². The summed E-state index contributed by atoms with van der Waals surface area (Å²) in [5.41, 5.74) is 0.693. The quantitative estimate of drug-likeness (QED) is 0.889. The minimum Gasteiger partial charge on any atom is -0.294 e. The lowest BCUT2D eigenvalue weighted by Crippen LogP contribution is -2.18. The summed E-state index contributed by atoms with van der Waals surface area (Å²) in [6, 6.07) is 5.33. The van der Waals surface area contributed by atoms with Gasteiger partial charge >= 0.3 is 0 Å². The van der Waals surface area contributed by atoms with Gasteiger partial charge in [-0.15, -0.1) is 10.2 Å². The van der Waals surface area contributed by atoms with Crippen LogP contribution in [0.25, 0.3) is 11.4 Å². The molecule has 1 aliphatic carbocycles. The van der Waals surface area contributed by atoms with Crippen LogP contribution in [0.4, 0.5) is 0 Å². The molecule has 0 saturated heterocycles. The number of nitrogens with two attached hydrogens (primary N) is 1. The van der Waals surface area contributed by atoms with Gasteiger partial charge in [0.15, 0.2) is 5.82 Å². The average Bonchev–Trinajstić information content (AvgIpc) is 3.04. The molecule has 0 spiro atoms. The maximum Gasteiger partial charge on any atom is 0.273 e. The van der Waals surface area contributed by atoms with Gasteiger partial charge in [0.2, 0.25) is 0 Å². The summed E-state index contributed by atoms with van der Waals surface area (Å²) in [6.07, 6.45) is 1.77. The van der Waals surface area contributed by atoms with Crippen LogP contribution in [0.2, 0.25) is 5.02 Å². The van der Waals surface area contributed by atoms with Crippen molar-refractivity contribution in [3.05, 3.63) is 27.7 Å². The lowest BCUT2D eigenvalue weighted by molar-refractivity contribution is 0.567. The fourth-order valence-electron chi connectivity index (χ4n) is 2.01. The second-order valence-electron chi connectivity index (χ2n) is 4.61. The predicted molar refractivity (Wildman–Crippen MR) is 77.8 cm³/mol. The Morgan fingerprint density at radius 3 is 2.55 bits per heavy atom. The molecule has 2 aromatic rings. The van der Waals surface area contributed by atoms with Crippen molar-refractivity contribution in [2.45, 2.75) is 24.0 Å². The lowest BCUT2D eigenvalue weighted by Gasteiger charge is -2.08. The van der Waals surface area contributed by atoms with Crippen LogP contribution < -0.4 is 5.14 Å². The third kappa shape index (κ3) is 2.60. The van der Waals surface area contributed by atoms with Gasteiger partial charge in [-0.1, -0.05) is 27.5 Å². The number of hydrogen-bond acceptors (Lipinski definition) is 4. The highest BCUT2D eigenvalue weighted by molar-refractivity contribution is 9.10. The fourth-order valence-corrected chi connectivity index (χ4v) is 3.54. The smallest absolute Gasteiger partial charge is 0.273 e. The molecule has 9 heteroatoms. The first-order valence-electron chi connectivity index (χ1n) is 5.80. The van der Waals surface area contributed by atoms with Crippen molar-refractivity contribution in [1.29, 1.82) is 0 Å². The zero-order valence-electron chi connectivity index (χ0n) is 10.1. The van der Waals surface area contributed by atoms with Gasteiger partial charge in [0.05, 0.1) is 0 Å². The van der Waals surface area contributed by atoms with E-state index in [9.17, 15) is 8.42 Å². The Bertz CT molecular complexity index is 765. The van der Waals surface area contributed by atoms with Crippen LogP contribution in [0, 0.1) is 0 Å². The van der Waals surface area contributed by atoms with Crippen molar-refractivity contribution >= 4 is 37.6 Å². The summed E-state index contributed by atoms with van der Waals surface area (Å²) < 4.78 is 25.5. The van der Waals surface area contributed by atoms with E-state index < -0.39 is 10.0 Å². The molecule has 106 valence electrons. The van der Waals surface area contributed by atoms with Crippen LogP contribution in [-0.2, 0) is 10.0 Å². The molecular formula is C11H10BrClN4O2S. The Morgan fingerprint density at radius 2 is 2.00 bits per heavy atom. The van der Waals surface area contributed by atoms with Crippen molar-refractivity contribution in [2.24, 2.45) is 5.14 Å². The molecule has 0 atom stereocenters. The first-order valence-corrected chi connectivity index (χ1v) is 8.52. The number of rotatable bonds is 3. The molecule has 3 rings (SSSR count). The maximum atomic E-state index is 11.6. The van der Waals surface area contributed by atoms with E-state index in [2.05, 4.69) is 26.1 Å². The molecule has 0 radical (unpaired) electrons. The monoisotopic (exact) mass is 376 g/mol. The number of primary sulfonamides is 1. The molecule has 1 saturated carbocycles. The van der Waals surface area contributed by atoms with E-state index in [1.54, 1.807) is 16.7 Å². The van der Waals surface area contributed by atoms with E-state index in [-0.39, 0.29) is 11.2 Å². The van der Waals surface area contributed by atoms with Crippen LogP contribution >= 0.6 is 27.5 Å². The molecule has 1 heterocycles. The second-order valence-corrected chi connectivity index (χ2v) is 7.42. The molecule has 20 heavy (non-hydrogen) atoms. The Hall–Kier alpha value is -0.960. The third-order valence-electron chi connectivity index (χ3n) is 2.95. The molecule has 6 nitrogen and oxygen atoms in total. The van der Waals surface area contributed by atoms with Crippen LogP contribution in [0.3, 0.4) is 0 Å². The Morgan fingerprint density at radius 1 is 1.30 bits per heavy atom. The van der Waals surface area contributed by atoms with E-state index in [4.69, 9.17) is 16.7 Å². The van der Waals surface area contributed by atoms with Gasteiger partial charge in [0.25, 0.3) is 15.2 Å². The van der Waals surface area contributed by atoms with Crippen LogP contribution in [0.5, 0.6) is 0 Å². The Labute approximate surface area is 129 Å². The summed E-state index contributed by atoms with van der Waals surface area (Å²) in [5, 5.41) is 13.2. The normalized spacial score (nSPS) is 15.6. The molecule has 1 aromatic carbocycles. The summed E-state index contributed by atoms with van der Waals surface area (Å²) in [4.78, 5) is 0. The van der Waals surface area contributed by atoms with E-state index in [1.165, 1.54) is 0 Å². The van der Waals surface area contributed by atoms with E-state index in [0.717, 1.165) is 17.3 Å². The lowest BCUT2D eigenvalue weighted by atomic mass is 10.2. The molecule has 0 bridgehead atoms. The van der Waals surface area contributed by atoms with Gasteiger partial charge in [-0.05, 0) is 31.0 Å². The average molecular weight is 378 g/mol. The highest BCUT2D eigenvalue weighted by atomic mass is 79.9. The summed E-state index contributed by atoms with van der Waals surface area (Å²) in [6.45, 7) is 0.